The van der Waals surface area contributed by atoms with Crippen molar-refractivity contribution >= 4 is 48.0 Å². The molecule has 2 aromatic rings. The van der Waals surface area contributed by atoms with Gasteiger partial charge in [-0.05, 0) is 44.0 Å². The molecule has 1 fully saturated rings. The highest BCUT2D eigenvalue weighted by atomic mass is 35.5. The first-order chi connectivity index (χ1) is 12.7. The van der Waals surface area contributed by atoms with Gasteiger partial charge in [-0.1, -0.05) is 0 Å². The third-order valence-electron chi connectivity index (χ3n) is 5.01. The van der Waals surface area contributed by atoms with Crippen LogP contribution in [0.5, 0.6) is 0 Å². The molecule has 156 valence electrons. The number of hydrogen-bond acceptors (Lipinski definition) is 7. The number of hydrogen-bond donors (Lipinski definition) is 3. The van der Waals surface area contributed by atoms with Crippen LogP contribution < -0.4 is 16.0 Å². The van der Waals surface area contributed by atoms with Crippen molar-refractivity contribution in [1.82, 2.24) is 25.4 Å². The first-order valence-electron chi connectivity index (χ1n) is 9.02. The van der Waals surface area contributed by atoms with Crippen LogP contribution in [0.25, 0.3) is 0 Å². The molecule has 2 aliphatic rings. The number of fused-ring (bicyclic) bond motifs is 2. The van der Waals surface area contributed by atoms with Gasteiger partial charge in [-0.2, -0.15) is 10.1 Å². The van der Waals surface area contributed by atoms with E-state index in [0.29, 0.717) is 19.0 Å². The molecule has 0 aromatic carbocycles. The van der Waals surface area contributed by atoms with E-state index in [1.54, 1.807) is 16.0 Å². The van der Waals surface area contributed by atoms with E-state index in [1.807, 2.05) is 7.05 Å². The Labute approximate surface area is 180 Å². The van der Waals surface area contributed by atoms with Gasteiger partial charge in [-0.25, -0.2) is 4.68 Å². The molecule has 0 aliphatic carbocycles. The number of aromatic nitrogens is 3. The number of carbonyl (C=O) groups is 1. The molecule has 4 rings (SSSR count). The van der Waals surface area contributed by atoms with E-state index in [0.717, 1.165) is 43.8 Å². The summed E-state index contributed by atoms with van der Waals surface area (Å²) < 4.78 is 7.85. The predicted octanol–water partition coefficient (Wildman–Crippen LogP) is 1.71. The van der Waals surface area contributed by atoms with Crippen LogP contribution >= 0.6 is 36.2 Å². The maximum atomic E-state index is 12.5. The summed E-state index contributed by atoms with van der Waals surface area (Å²) in [7, 11) is 1.82. The number of carbonyl (C=O) groups excluding carboxylic acids is 1. The number of nitrogens with zero attached hydrogens (tertiary/aromatic N) is 3. The van der Waals surface area contributed by atoms with Crippen molar-refractivity contribution in [3.63, 3.8) is 0 Å². The average Bonchev–Trinajstić information content (AvgIpc) is 3.27. The summed E-state index contributed by atoms with van der Waals surface area (Å²) in [5, 5.41) is 13.5. The van der Waals surface area contributed by atoms with Gasteiger partial charge in [0.05, 0.1) is 11.5 Å². The van der Waals surface area contributed by atoms with Gasteiger partial charge in [0.25, 0.3) is 5.91 Å². The van der Waals surface area contributed by atoms with E-state index < -0.39 is 0 Å². The second-order valence-corrected chi connectivity index (χ2v) is 7.75. The molecule has 0 unspecified atom stereocenters. The molecular weight excluding hydrogens is 423 g/mol. The molecule has 0 radical (unpaired) electrons. The summed E-state index contributed by atoms with van der Waals surface area (Å²) in [4.78, 5) is 18.7. The lowest BCUT2D eigenvalue weighted by Crippen LogP contribution is -2.43. The standard InChI is InChI=1S/C17H24N6O2S.2ClH/c1-23-16(21-11-22-23)20-8-7-19-15(24)13-10-12-2-9-25-17(14(12)26-13)3-5-18-6-4-17;;/h10-11,18H,2-9H2,1H3,(H,19,24)(H,20,21,22);2*1H. The molecule has 8 nitrogen and oxygen atoms in total. The molecule has 0 saturated carbocycles. The third kappa shape index (κ3) is 4.60. The normalized spacial score (nSPS) is 17.2. The fourth-order valence-electron chi connectivity index (χ4n) is 3.63. The zero-order chi connectivity index (χ0) is 18.0. The van der Waals surface area contributed by atoms with Crippen molar-refractivity contribution in [2.45, 2.75) is 24.9 Å². The van der Waals surface area contributed by atoms with Crippen LogP contribution in [-0.4, -0.2) is 53.5 Å². The first-order valence-corrected chi connectivity index (χ1v) is 9.83. The Hall–Kier alpha value is -1.39. The number of nitrogens with one attached hydrogen (secondary N) is 3. The summed E-state index contributed by atoms with van der Waals surface area (Å²) in [5.74, 6) is 0.670. The van der Waals surface area contributed by atoms with E-state index in [2.05, 4.69) is 32.1 Å². The topological polar surface area (TPSA) is 93.1 Å². The van der Waals surface area contributed by atoms with E-state index in [4.69, 9.17) is 4.74 Å². The number of rotatable bonds is 5. The second-order valence-electron chi connectivity index (χ2n) is 6.70. The van der Waals surface area contributed by atoms with Crippen molar-refractivity contribution < 1.29 is 9.53 Å². The lowest BCUT2D eigenvalue weighted by Gasteiger charge is -2.40. The molecule has 3 N–H and O–H groups in total. The van der Waals surface area contributed by atoms with Gasteiger partial charge in [-0.15, -0.1) is 36.2 Å². The number of piperidine rings is 1. The van der Waals surface area contributed by atoms with Gasteiger partial charge >= 0.3 is 0 Å². The molecule has 4 heterocycles. The summed E-state index contributed by atoms with van der Waals surface area (Å²) in [5.41, 5.74) is 1.10. The molecule has 11 heteroatoms. The summed E-state index contributed by atoms with van der Waals surface area (Å²) in [6.45, 7) is 3.80. The highest BCUT2D eigenvalue weighted by Gasteiger charge is 2.41. The lowest BCUT2D eigenvalue weighted by molar-refractivity contribution is -0.0771. The number of amides is 1. The van der Waals surface area contributed by atoms with Crippen LogP contribution in [-0.2, 0) is 23.8 Å². The van der Waals surface area contributed by atoms with Crippen LogP contribution in [0.2, 0.25) is 0 Å². The summed E-state index contributed by atoms with van der Waals surface area (Å²) >= 11 is 1.60. The van der Waals surface area contributed by atoms with Gasteiger partial charge in [0.1, 0.15) is 11.9 Å². The zero-order valence-electron chi connectivity index (χ0n) is 15.7. The fraction of sp³-hybridized carbons (Fsp3) is 0.588. The van der Waals surface area contributed by atoms with Gasteiger partial charge < -0.3 is 20.7 Å². The Balaban J connectivity index is 0.00000140. The molecule has 0 bridgehead atoms. The quantitative estimate of drug-likeness (QED) is 0.602. The van der Waals surface area contributed by atoms with Crippen molar-refractivity contribution in [2.75, 3.05) is 38.1 Å². The minimum atomic E-state index is -0.186. The SMILES string of the molecule is Cl.Cl.Cn1ncnc1NCCNC(=O)c1cc2c(s1)C1(CCNCC1)OCC2. The van der Waals surface area contributed by atoms with Crippen molar-refractivity contribution in [2.24, 2.45) is 7.05 Å². The number of halogens is 2. The Morgan fingerprint density at radius 1 is 1.36 bits per heavy atom. The smallest absolute Gasteiger partial charge is 0.261 e. The van der Waals surface area contributed by atoms with Gasteiger partial charge in [0.2, 0.25) is 5.95 Å². The van der Waals surface area contributed by atoms with Crippen LogP contribution in [0.3, 0.4) is 0 Å². The first kappa shape index (κ1) is 22.9. The molecule has 2 aromatic heterocycles. The van der Waals surface area contributed by atoms with Gasteiger partial charge in [0.15, 0.2) is 0 Å². The highest BCUT2D eigenvalue weighted by molar-refractivity contribution is 7.14. The zero-order valence-corrected chi connectivity index (χ0v) is 18.1. The van der Waals surface area contributed by atoms with Crippen molar-refractivity contribution in [1.29, 1.82) is 0 Å². The van der Waals surface area contributed by atoms with Crippen LogP contribution in [0.15, 0.2) is 12.4 Å². The monoisotopic (exact) mass is 448 g/mol. The maximum Gasteiger partial charge on any atom is 0.261 e. The number of aryl methyl sites for hydroxylation is 1. The lowest BCUT2D eigenvalue weighted by atomic mass is 9.86. The van der Waals surface area contributed by atoms with E-state index >= 15 is 0 Å². The van der Waals surface area contributed by atoms with Gasteiger partial charge in [0, 0.05) is 25.0 Å². The summed E-state index contributed by atoms with van der Waals surface area (Å²) in [6, 6.07) is 2.05. The predicted molar refractivity (Wildman–Crippen MR) is 114 cm³/mol. The van der Waals surface area contributed by atoms with E-state index in [9.17, 15) is 4.79 Å². The Morgan fingerprint density at radius 3 is 2.86 bits per heavy atom. The molecule has 1 amide bonds. The number of thiophene rings is 1. The van der Waals surface area contributed by atoms with Crippen LogP contribution in [0, 0.1) is 0 Å². The average molecular weight is 449 g/mol. The van der Waals surface area contributed by atoms with Crippen LogP contribution in [0.1, 0.15) is 33.0 Å². The largest absolute Gasteiger partial charge is 0.369 e. The molecule has 1 spiro atoms. The molecular formula is C17H26Cl2N6O2S. The summed E-state index contributed by atoms with van der Waals surface area (Å²) in [6.07, 6.45) is 4.34. The molecule has 1 saturated heterocycles. The van der Waals surface area contributed by atoms with E-state index in [-0.39, 0.29) is 36.3 Å². The Morgan fingerprint density at radius 2 is 2.14 bits per heavy atom. The van der Waals surface area contributed by atoms with Gasteiger partial charge in [-0.3, -0.25) is 4.79 Å². The minimum absolute atomic E-state index is 0. The molecule has 28 heavy (non-hydrogen) atoms. The van der Waals surface area contributed by atoms with Crippen LogP contribution in [0.4, 0.5) is 5.95 Å². The fourth-order valence-corrected chi connectivity index (χ4v) is 4.96. The Kier molecular flexibility index (Phi) is 8.08. The third-order valence-corrected chi connectivity index (χ3v) is 6.37. The van der Waals surface area contributed by atoms with E-state index in [1.165, 1.54) is 16.8 Å². The number of anilines is 1. The maximum absolute atomic E-state index is 12.5. The highest BCUT2D eigenvalue weighted by Crippen LogP contribution is 2.44. The minimum Gasteiger partial charge on any atom is -0.369 e. The molecule has 2 aliphatic heterocycles. The second kappa shape index (κ2) is 9.89. The van der Waals surface area contributed by atoms with Crippen molar-refractivity contribution in [3.05, 3.63) is 27.7 Å². The van der Waals surface area contributed by atoms with Crippen molar-refractivity contribution in [3.8, 4) is 0 Å². The molecule has 0 atom stereocenters. The number of ether oxygens (including phenoxy) is 1. The Bertz CT molecular complexity index is 790.